The normalized spacial score (nSPS) is 13.0. The Bertz CT molecular complexity index is 840. The largest absolute Gasteiger partial charge is 0.369 e. The highest BCUT2D eigenvalue weighted by Gasteiger charge is 2.23. The molecule has 0 atom stereocenters. The Morgan fingerprint density at radius 3 is 2.73 bits per heavy atom. The van der Waals surface area contributed by atoms with Gasteiger partial charge in [0.25, 0.3) is 0 Å². The van der Waals surface area contributed by atoms with Crippen molar-refractivity contribution in [3.8, 4) is 16.9 Å². The number of anilines is 1. The van der Waals surface area contributed by atoms with E-state index in [9.17, 15) is 0 Å². The Balaban J connectivity index is 1.88. The maximum atomic E-state index is 4.88. The van der Waals surface area contributed by atoms with Crippen molar-refractivity contribution in [1.82, 2.24) is 9.78 Å². The lowest BCUT2D eigenvalue weighted by Crippen LogP contribution is -2.04. The Hall–Kier alpha value is -1.34. The molecule has 0 spiro atoms. The van der Waals surface area contributed by atoms with Crippen LogP contribution in [0.1, 0.15) is 5.56 Å². The van der Waals surface area contributed by atoms with Gasteiger partial charge in [-0.1, -0.05) is 28.1 Å². The number of nitrogens with one attached hydrogen (secondary N) is 1. The summed E-state index contributed by atoms with van der Waals surface area (Å²) < 4.78 is 4.32. The van der Waals surface area contributed by atoms with E-state index in [-0.39, 0.29) is 0 Å². The average molecular weight is 466 g/mol. The number of hydrogen-bond donors (Lipinski definition) is 1. The molecule has 0 saturated carbocycles. The molecule has 0 fully saturated rings. The van der Waals surface area contributed by atoms with Gasteiger partial charge >= 0.3 is 0 Å². The minimum Gasteiger partial charge on any atom is -0.369 e. The molecule has 22 heavy (non-hydrogen) atoms. The van der Waals surface area contributed by atoms with Crippen LogP contribution in [0.15, 0.2) is 53.0 Å². The Kier molecular flexibility index (Phi) is 3.69. The third-order valence-corrected chi connectivity index (χ3v) is 5.02. The second-order valence-corrected chi connectivity index (χ2v) is 7.41. The first-order chi connectivity index (χ1) is 10.7. The highest BCUT2D eigenvalue weighted by molar-refractivity contribution is 14.1. The van der Waals surface area contributed by atoms with Gasteiger partial charge in [-0.05, 0) is 65.4 Å². The van der Waals surface area contributed by atoms with E-state index in [4.69, 9.17) is 5.10 Å². The molecule has 1 aliphatic rings. The van der Waals surface area contributed by atoms with Crippen LogP contribution in [0.25, 0.3) is 16.9 Å². The molecule has 1 N–H and O–H groups in total. The molecule has 3 nitrogen and oxygen atoms in total. The van der Waals surface area contributed by atoms with Gasteiger partial charge in [0.2, 0.25) is 0 Å². The number of halogens is 2. The van der Waals surface area contributed by atoms with E-state index in [2.05, 4.69) is 80.2 Å². The molecule has 0 bridgehead atoms. The summed E-state index contributed by atoms with van der Waals surface area (Å²) in [6.45, 7) is 0.973. The van der Waals surface area contributed by atoms with Gasteiger partial charge in [-0.25, -0.2) is 4.68 Å². The third kappa shape index (κ3) is 2.46. The average Bonchev–Trinajstić information content (AvgIpc) is 3.10. The van der Waals surface area contributed by atoms with E-state index in [1.54, 1.807) is 0 Å². The first-order valence-electron chi connectivity index (χ1n) is 7.10. The van der Waals surface area contributed by atoms with Crippen LogP contribution in [-0.4, -0.2) is 16.3 Å². The molecule has 4 rings (SSSR count). The Morgan fingerprint density at radius 1 is 1.14 bits per heavy atom. The van der Waals surface area contributed by atoms with E-state index in [1.807, 2.05) is 16.8 Å². The first-order valence-corrected chi connectivity index (χ1v) is 8.97. The molecule has 1 aromatic heterocycles. The Morgan fingerprint density at radius 2 is 1.95 bits per heavy atom. The monoisotopic (exact) mass is 465 g/mol. The molecule has 0 saturated heterocycles. The summed E-state index contributed by atoms with van der Waals surface area (Å²) in [5.74, 6) is 1.12. The summed E-state index contributed by atoms with van der Waals surface area (Å²) >= 11 is 5.83. The molecule has 1 aliphatic heterocycles. The summed E-state index contributed by atoms with van der Waals surface area (Å²) in [5.41, 5.74) is 4.65. The number of hydrogen-bond acceptors (Lipinski definition) is 2. The first kappa shape index (κ1) is 14.3. The van der Waals surface area contributed by atoms with E-state index < -0.39 is 0 Å². The molecule has 5 heteroatoms. The fraction of sp³-hybridized carbons (Fsp3) is 0.118. The van der Waals surface area contributed by atoms with Gasteiger partial charge in [-0.15, -0.1) is 0 Å². The number of fused-ring (bicyclic) bond motifs is 1. The summed E-state index contributed by atoms with van der Waals surface area (Å²) in [5, 5.41) is 8.35. The molecular formula is C17H13BrIN3. The molecule has 110 valence electrons. The fourth-order valence-electron chi connectivity index (χ4n) is 2.81. The minimum absolute atomic E-state index is 0.973. The molecule has 2 aromatic carbocycles. The van der Waals surface area contributed by atoms with E-state index >= 15 is 0 Å². The van der Waals surface area contributed by atoms with Crippen LogP contribution in [-0.2, 0) is 6.42 Å². The maximum Gasteiger partial charge on any atom is 0.133 e. The smallest absolute Gasteiger partial charge is 0.133 e. The summed E-state index contributed by atoms with van der Waals surface area (Å²) in [6, 6.07) is 16.8. The molecular weight excluding hydrogens is 453 g/mol. The van der Waals surface area contributed by atoms with Crippen LogP contribution in [0.3, 0.4) is 0 Å². The van der Waals surface area contributed by atoms with E-state index in [1.165, 1.54) is 14.7 Å². The third-order valence-electron chi connectivity index (χ3n) is 3.82. The van der Waals surface area contributed by atoms with Crippen molar-refractivity contribution < 1.29 is 0 Å². The van der Waals surface area contributed by atoms with Crippen molar-refractivity contribution in [2.75, 3.05) is 11.9 Å². The van der Waals surface area contributed by atoms with Gasteiger partial charge in [0, 0.05) is 25.7 Å². The summed E-state index contributed by atoms with van der Waals surface area (Å²) in [4.78, 5) is 0. The van der Waals surface area contributed by atoms with Crippen molar-refractivity contribution >= 4 is 44.3 Å². The molecule has 2 heterocycles. The number of benzene rings is 2. The van der Waals surface area contributed by atoms with Crippen molar-refractivity contribution in [3.63, 3.8) is 0 Å². The molecule has 0 unspecified atom stereocenters. The van der Waals surface area contributed by atoms with Crippen LogP contribution in [0.2, 0.25) is 0 Å². The second kappa shape index (κ2) is 5.70. The highest BCUT2D eigenvalue weighted by atomic mass is 127. The minimum atomic E-state index is 0.973. The van der Waals surface area contributed by atoms with Gasteiger partial charge in [0.05, 0.1) is 11.4 Å². The molecule has 0 aliphatic carbocycles. The molecule has 0 amide bonds. The van der Waals surface area contributed by atoms with Crippen LogP contribution in [0.5, 0.6) is 0 Å². The van der Waals surface area contributed by atoms with Gasteiger partial charge in [-0.3, -0.25) is 0 Å². The van der Waals surface area contributed by atoms with Gasteiger partial charge in [0.1, 0.15) is 5.82 Å². The van der Waals surface area contributed by atoms with Gasteiger partial charge in [0.15, 0.2) is 0 Å². The highest BCUT2D eigenvalue weighted by Crippen LogP contribution is 2.35. The zero-order valence-corrected chi connectivity index (χ0v) is 15.4. The SMILES string of the molecule is Brc1ccc(-n2nc(-c3cccc(I)c3)c3c2NCC3)cc1. The number of nitrogens with zero attached hydrogens (tertiary/aromatic N) is 2. The quantitative estimate of drug-likeness (QED) is 0.547. The number of aromatic nitrogens is 2. The van der Waals surface area contributed by atoms with Crippen LogP contribution < -0.4 is 5.32 Å². The van der Waals surface area contributed by atoms with Gasteiger partial charge in [-0.2, -0.15) is 5.10 Å². The van der Waals surface area contributed by atoms with Crippen molar-refractivity contribution in [2.45, 2.75) is 6.42 Å². The van der Waals surface area contributed by atoms with Crippen molar-refractivity contribution in [3.05, 3.63) is 62.1 Å². The van der Waals surface area contributed by atoms with Crippen LogP contribution in [0.4, 0.5) is 5.82 Å². The van der Waals surface area contributed by atoms with E-state index in [0.29, 0.717) is 0 Å². The lowest BCUT2D eigenvalue weighted by atomic mass is 10.1. The van der Waals surface area contributed by atoms with Gasteiger partial charge < -0.3 is 5.32 Å². The van der Waals surface area contributed by atoms with Crippen LogP contribution >= 0.6 is 38.5 Å². The summed E-state index contributed by atoms with van der Waals surface area (Å²) in [7, 11) is 0. The van der Waals surface area contributed by atoms with E-state index in [0.717, 1.165) is 34.6 Å². The maximum absolute atomic E-state index is 4.88. The van der Waals surface area contributed by atoms with Crippen molar-refractivity contribution in [1.29, 1.82) is 0 Å². The second-order valence-electron chi connectivity index (χ2n) is 5.25. The molecule has 0 radical (unpaired) electrons. The molecule has 3 aromatic rings. The lowest BCUT2D eigenvalue weighted by molar-refractivity contribution is 0.882. The zero-order chi connectivity index (χ0) is 15.1. The Labute approximate surface area is 151 Å². The summed E-state index contributed by atoms with van der Waals surface area (Å²) in [6.07, 6.45) is 1.02. The predicted molar refractivity (Wildman–Crippen MR) is 102 cm³/mol. The standard InChI is InChI=1S/C17H13BrIN3/c18-12-4-6-14(7-5-12)22-17-15(8-9-20-17)16(21-22)11-2-1-3-13(19)10-11/h1-7,10,20H,8-9H2. The lowest BCUT2D eigenvalue weighted by Gasteiger charge is -2.06. The van der Waals surface area contributed by atoms with Crippen molar-refractivity contribution in [2.24, 2.45) is 0 Å². The topological polar surface area (TPSA) is 29.9 Å². The number of rotatable bonds is 2. The zero-order valence-electron chi connectivity index (χ0n) is 11.7. The fourth-order valence-corrected chi connectivity index (χ4v) is 3.62. The predicted octanol–water partition coefficient (Wildman–Crippen LogP) is 4.87. The van der Waals surface area contributed by atoms with Crippen LogP contribution in [0, 0.1) is 3.57 Å².